The third-order valence-electron chi connectivity index (χ3n) is 5.23. The summed E-state index contributed by atoms with van der Waals surface area (Å²) in [6, 6.07) is 6.51. The minimum absolute atomic E-state index is 0.0296. The highest BCUT2D eigenvalue weighted by molar-refractivity contribution is 6.25. The highest BCUT2D eigenvalue weighted by Crippen LogP contribution is 2.61. The van der Waals surface area contributed by atoms with Crippen LogP contribution in [0.2, 0.25) is 0 Å². The zero-order chi connectivity index (χ0) is 14.1. The molecular formula is C16H15NO3. The van der Waals surface area contributed by atoms with E-state index >= 15 is 0 Å². The molecule has 20 heavy (non-hydrogen) atoms. The van der Waals surface area contributed by atoms with E-state index in [0.29, 0.717) is 5.69 Å². The average Bonchev–Trinajstić information content (AvgIpc) is 3.05. The van der Waals surface area contributed by atoms with E-state index in [4.69, 9.17) is 0 Å². The molecule has 2 bridgehead atoms. The Kier molecular flexibility index (Phi) is 2.05. The summed E-state index contributed by atoms with van der Waals surface area (Å²) in [4.78, 5) is 26.7. The van der Waals surface area contributed by atoms with Crippen molar-refractivity contribution in [2.24, 2.45) is 23.2 Å². The van der Waals surface area contributed by atoms with Crippen molar-refractivity contribution in [2.75, 3.05) is 4.90 Å². The maximum Gasteiger partial charge on any atom is 0.241 e. The molecule has 2 aliphatic carbocycles. The monoisotopic (exact) mass is 269 g/mol. The molecule has 2 fully saturated rings. The zero-order valence-corrected chi connectivity index (χ0v) is 11.1. The second-order valence-corrected chi connectivity index (χ2v) is 6.12. The van der Waals surface area contributed by atoms with Crippen molar-refractivity contribution in [3.05, 3.63) is 36.4 Å². The first kappa shape index (κ1) is 11.7. The summed E-state index contributed by atoms with van der Waals surface area (Å²) in [5, 5.41) is 9.94. The lowest BCUT2D eigenvalue weighted by atomic mass is 9.71. The Balaban J connectivity index is 1.85. The van der Waals surface area contributed by atoms with Crippen LogP contribution in [-0.2, 0) is 9.59 Å². The van der Waals surface area contributed by atoms with Crippen LogP contribution in [0, 0.1) is 23.2 Å². The highest BCUT2D eigenvalue weighted by Gasteiger charge is 2.67. The van der Waals surface area contributed by atoms with E-state index in [2.05, 4.69) is 12.2 Å². The Bertz CT molecular complexity index is 665. The Hall–Kier alpha value is -2.10. The van der Waals surface area contributed by atoms with Gasteiger partial charge in [0, 0.05) is 0 Å². The van der Waals surface area contributed by atoms with Gasteiger partial charge in [-0.15, -0.1) is 0 Å². The second kappa shape index (κ2) is 3.51. The van der Waals surface area contributed by atoms with Crippen LogP contribution < -0.4 is 4.90 Å². The van der Waals surface area contributed by atoms with Crippen LogP contribution in [0.5, 0.6) is 5.75 Å². The van der Waals surface area contributed by atoms with Gasteiger partial charge in [0.05, 0.1) is 17.0 Å². The lowest BCUT2D eigenvalue weighted by Gasteiger charge is -2.28. The number of hydrogen-bond donors (Lipinski definition) is 1. The number of para-hydroxylation sites is 2. The first-order valence-corrected chi connectivity index (χ1v) is 6.90. The summed E-state index contributed by atoms with van der Waals surface area (Å²) < 4.78 is 0. The molecule has 0 radical (unpaired) electrons. The molecule has 1 aromatic rings. The van der Waals surface area contributed by atoms with Gasteiger partial charge in [-0.3, -0.25) is 9.59 Å². The third kappa shape index (κ3) is 1.13. The standard InChI is InChI=1S/C16H15NO3/c1-16-10-7-6-9(8-10)13(16)14(19)17(15(16)20)11-4-2-3-5-12(11)18/h2-7,9-10,13,18H,8H2,1H3/t9-,10-,13+,16+/m0/s1. The minimum Gasteiger partial charge on any atom is -0.506 e. The van der Waals surface area contributed by atoms with Gasteiger partial charge >= 0.3 is 0 Å². The number of allylic oxidation sites excluding steroid dienone is 2. The SMILES string of the molecule is C[C@]12C(=O)N(c3ccccc3O)C(=O)[C@H]1[C@H]1C=C[C@H]2C1. The van der Waals surface area contributed by atoms with Crippen molar-refractivity contribution in [1.82, 2.24) is 0 Å². The van der Waals surface area contributed by atoms with Crippen LogP contribution >= 0.6 is 0 Å². The van der Waals surface area contributed by atoms with Crippen LogP contribution in [0.3, 0.4) is 0 Å². The molecule has 102 valence electrons. The van der Waals surface area contributed by atoms with Gasteiger partial charge in [0.1, 0.15) is 5.75 Å². The van der Waals surface area contributed by atoms with Gasteiger partial charge < -0.3 is 5.11 Å². The number of carbonyl (C=O) groups is 2. The van der Waals surface area contributed by atoms with E-state index < -0.39 is 5.41 Å². The van der Waals surface area contributed by atoms with Crippen LogP contribution in [0.15, 0.2) is 36.4 Å². The Morgan fingerprint density at radius 3 is 2.70 bits per heavy atom. The molecule has 0 unspecified atom stereocenters. The molecule has 1 saturated carbocycles. The van der Waals surface area contributed by atoms with Gasteiger partial charge in [0.15, 0.2) is 0 Å². The minimum atomic E-state index is -0.640. The van der Waals surface area contributed by atoms with E-state index in [1.54, 1.807) is 18.2 Å². The summed E-state index contributed by atoms with van der Waals surface area (Å²) in [5.74, 6) is -0.341. The second-order valence-electron chi connectivity index (χ2n) is 6.12. The summed E-state index contributed by atoms with van der Waals surface area (Å²) >= 11 is 0. The highest BCUT2D eigenvalue weighted by atomic mass is 16.3. The van der Waals surface area contributed by atoms with Gasteiger partial charge in [-0.2, -0.15) is 0 Å². The molecule has 4 atom stereocenters. The number of carbonyl (C=O) groups excluding carboxylic acids is 2. The number of phenols is 1. The largest absolute Gasteiger partial charge is 0.506 e. The quantitative estimate of drug-likeness (QED) is 0.627. The number of phenolic OH excluding ortho intramolecular Hbond substituents is 1. The predicted molar refractivity (Wildman–Crippen MR) is 72.9 cm³/mol. The first-order chi connectivity index (χ1) is 9.55. The Morgan fingerprint density at radius 1 is 1.25 bits per heavy atom. The number of hydrogen-bond acceptors (Lipinski definition) is 3. The molecule has 4 rings (SSSR count). The molecule has 0 aromatic heterocycles. The maximum absolute atomic E-state index is 12.8. The molecular weight excluding hydrogens is 254 g/mol. The van der Waals surface area contributed by atoms with Crippen molar-refractivity contribution >= 4 is 17.5 Å². The van der Waals surface area contributed by atoms with Gasteiger partial charge in [-0.25, -0.2) is 4.90 Å². The average molecular weight is 269 g/mol. The molecule has 0 spiro atoms. The van der Waals surface area contributed by atoms with Gasteiger partial charge in [0.2, 0.25) is 11.8 Å². The van der Waals surface area contributed by atoms with Gasteiger partial charge in [0.25, 0.3) is 0 Å². The van der Waals surface area contributed by atoms with Crippen molar-refractivity contribution in [3.8, 4) is 5.75 Å². The summed E-state index contributed by atoms with van der Waals surface area (Å²) in [6.07, 6.45) is 5.03. The molecule has 3 aliphatic rings. The fourth-order valence-corrected chi connectivity index (χ4v) is 4.19. The number of nitrogens with zero attached hydrogens (tertiary/aromatic N) is 1. The van der Waals surface area contributed by atoms with E-state index in [-0.39, 0.29) is 35.3 Å². The van der Waals surface area contributed by atoms with E-state index in [1.165, 1.54) is 11.0 Å². The molecule has 4 nitrogen and oxygen atoms in total. The normalized spacial score (nSPS) is 37.9. The number of aromatic hydroxyl groups is 1. The lowest BCUT2D eigenvalue weighted by molar-refractivity contribution is -0.127. The summed E-state index contributed by atoms with van der Waals surface area (Å²) in [6.45, 7) is 1.89. The number of fused-ring (bicyclic) bond motifs is 5. The molecule has 1 aromatic carbocycles. The van der Waals surface area contributed by atoms with Crippen LogP contribution in [-0.4, -0.2) is 16.9 Å². The number of anilines is 1. The van der Waals surface area contributed by atoms with Crippen LogP contribution in [0.4, 0.5) is 5.69 Å². The van der Waals surface area contributed by atoms with Crippen LogP contribution in [0.25, 0.3) is 0 Å². The number of imide groups is 1. The molecule has 1 N–H and O–H groups in total. The number of amides is 2. The van der Waals surface area contributed by atoms with Crippen molar-refractivity contribution in [2.45, 2.75) is 13.3 Å². The van der Waals surface area contributed by atoms with Gasteiger partial charge in [-0.05, 0) is 37.3 Å². The molecule has 2 amide bonds. The first-order valence-electron chi connectivity index (χ1n) is 6.90. The zero-order valence-electron chi connectivity index (χ0n) is 11.1. The van der Waals surface area contributed by atoms with Crippen LogP contribution in [0.1, 0.15) is 13.3 Å². The smallest absolute Gasteiger partial charge is 0.241 e. The fourth-order valence-electron chi connectivity index (χ4n) is 4.19. The third-order valence-corrected chi connectivity index (χ3v) is 5.23. The van der Waals surface area contributed by atoms with Crippen molar-refractivity contribution in [1.29, 1.82) is 0 Å². The molecule has 1 saturated heterocycles. The number of rotatable bonds is 1. The number of benzene rings is 1. The van der Waals surface area contributed by atoms with Gasteiger partial charge in [-0.1, -0.05) is 24.3 Å². The van der Waals surface area contributed by atoms with Crippen molar-refractivity contribution in [3.63, 3.8) is 0 Å². The van der Waals surface area contributed by atoms with Crippen molar-refractivity contribution < 1.29 is 14.7 Å². The van der Waals surface area contributed by atoms with E-state index in [0.717, 1.165) is 6.42 Å². The summed E-state index contributed by atoms with van der Waals surface area (Å²) in [7, 11) is 0. The Morgan fingerprint density at radius 2 is 2.00 bits per heavy atom. The maximum atomic E-state index is 12.8. The van der Waals surface area contributed by atoms with E-state index in [9.17, 15) is 14.7 Å². The molecule has 1 heterocycles. The molecule has 4 heteroatoms. The Labute approximate surface area is 116 Å². The summed E-state index contributed by atoms with van der Waals surface area (Å²) in [5.41, 5.74) is -0.337. The predicted octanol–water partition coefficient (Wildman–Crippen LogP) is 2.09. The lowest BCUT2D eigenvalue weighted by Crippen LogP contribution is -2.37. The molecule has 1 aliphatic heterocycles. The topological polar surface area (TPSA) is 57.6 Å². The van der Waals surface area contributed by atoms with E-state index in [1.807, 2.05) is 6.92 Å². The fraction of sp³-hybridized carbons (Fsp3) is 0.375.